The second-order valence-corrected chi connectivity index (χ2v) is 5.33. The molecule has 0 fully saturated rings. The van der Waals surface area contributed by atoms with E-state index in [4.69, 9.17) is 9.15 Å². The summed E-state index contributed by atoms with van der Waals surface area (Å²) in [6.45, 7) is 2.10. The second kappa shape index (κ2) is 7.48. The van der Waals surface area contributed by atoms with Crippen molar-refractivity contribution in [2.75, 3.05) is 7.11 Å². The number of aromatic amines is 1. The highest BCUT2D eigenvalue weighted by Crippen LogP contribution is 2.18. The van der Waals surface area contributed by atoms with Gasteiger partial charge < -0.3 is 14.5 Å². The van der Waals surface area contributed by atoms with Gasteiger partial charge in [0.25, 0.3) is 0 Å². The first-order chi connectivity index (χ1) is 12.1. The number of benzene rings is 1. The van der Waals surface area contributed by atoms with Gasteiger partial charge in [-0.05, 0) is 49.4 Å². The Kier molecular flexibility index (Phi) is 4.94. The Labute approximate surface area is 144 Å². The second-order valence-electron chi connectivity index (χ2n) is 5.33. The molecule has 0 unspecified atom stereocenters. The Morgan fingerprint density at radius 2 is 2.08 bits per heavy atom. The number of hydrogen-bond acceptors (Lipinski definition) is 5. The molecular formula is C18H18N4O3. The summed E-state index contributed by atoms with van der Waals surface area (Å²) in [6, 6.07) is 11.1. The molecule has 7 nitrogen and oxygen atoms in total. The number of ether oxygens (including phenoxy) is 1. The molecule has 0 aliphatic rings. The Morgan fingerprint density at radius 1 is 1.28 bits per heavy atom. The number of carbonyl (C=O) groups is 1. The molecule has 0 aliphatic heterocycles. The van der Waals surface area contributed by atoms with Crippen molar-refractivity contribution in [3.8, 4) is 17.1 Å². The number of carbonyl (C=O) groups excluding carboxylic acids is 1. The van der Waals surface area contributed by atoms with Gasteiger partial charge in [0.2, 0.25) is 5.91 Å². The van der Waals surface area contributed by atoms with E-state index in [2.05, 4.69) is 20.5 Å². The highest BCUT2D eigenvalue weighted by Gasteiger charge is 2.07. The lowest BCUT2D eigenvalue weighted by molar-refractivity contribution is -0.116. The molecule has 2 N–H and O–H groups in total. The summed E-state index contributed by atoms with van der Waals surface area (Å²) < 4.78 is 10.5. The molecule has 0 spiro atoms. The minimum absolute atomic E-state index is 0.239. The zero-order valence-electron chi connectivity index (χ0n) is 13.9. The van der Waals surface area contributed by atoms with Gasteiger partial charge in [0.05, 0.1) is 13.7 Å². The number of nitrogens with one attached hydrogen (secondary N) is 2. The molecule has 1 aromatic carbocycles. The number of methoxy groups -OCH3 is 1. The summed E-state index contributed by atoms with van der Waals surface area (Å²) in [5.74, 6) is 3.10. The van der Waals surface area contributed by atoms with Gasteiger partial charge in [-0.3, -0.25) is 9.89 Å². The fraction of sp³-hybridized carbons (Fsp3) is 0.167. The molecule has 3 aromatic rings. The molecule has 0 radical (unpaired) electrons. The van der Waals surface area contributed by atoms with E-state index in [1.807, 2.05) is 37.3 Å². The van der Waals surface area contributed by atoms with Gasteiger partial charge in [0, 0.05) is 11.6 Å². The van der Waals surface area contributed by atoms with Gasteiger partial charge in [-0.1, -0.05) is 0 Å². The molecule has 128 valence electrons. The Bertz CT molecular complexity index is 878. The molecule has 7 heteroatoms. The maximum absolute atomic E-state index is 11.8. The van der Waals surface area contributed by atoms with E-state index in [-0.39, 0.29) is 12.5 Å². The van der Waals surface area contributed by atoms with Crippen LogP contribution in [0.1, 0.15) is 17.3 Å². The van der Waals surface area contributed by atoms with Gasteiger partial charge in [-0.25, -0.2) is 4.98 Å². The zero-order chi connectivity index (χ0) is 17.6. The van der Waals surface area contributed by atoms with E-state index in [9.17, 15) is 4.79 Å². The summed E-state index contributed by atoms with van der Waals surface area (Å²) >= 11 is 0. The van der Waals surface area contributed by atoms with Crippen LogP contribution in [0.15, 0.2) is 46.9 Å². The predicted molar refractivity (Wildman–Crippen MR) is 92.7 cm³/mol. The van der Waals surface area contributed by atoms with E-state index in [0.29, 0.717) is 17.4 Å². The summed E-state index contributed by atoms with van der Waals surface area (Å²) in [4.78, 5) is 16.2. The van der Waals surface area contributed by atoms with Crippen molar-refractivity contribution in [1.29, 1.82) is 0 Å². The van der Waals surface area contributed by atoms with Crippen LogP contribution in [-0.4, -0.2) is 28.2 Å². The van der Waals surface area contributed by atoms with Crippen LogP contribution < -0.4 is 10.1 Å². The topological polar surface area (TPSA) is 93.0 Å². The third-order valence-corrected chi connectivity index (χ3v) is 3.47. The highest BCUT2D eigenvalue weighted by molar-refractivity contribution is 5.91. The van der Waals surface area contributed by atoms with E-state index in [0.717, 1.165) is 17.1 Å². The number of aromatic nitrogens is 3. The zero-order valence-corrected chi connectivity index (χ0v) is 13.9. The number of hydrogen-bond donors (Lipinski definition) is 2. The first-order valence-electron chi connectivity index (χ1n) is 7.72. The largest absolute Gasteiger partial charge is 0.497 e. The Balaban J connectivity index is 1.55. The van der Waals surface area contributed by atoms with Crippen molar-refractivity contribution in [2.45, 2.75) is 13.5 Å². The minimum Gasteiger partial charge on any atom is -0.497 e. The van der Waals surface area contributed by atoms with Crippen LogP contribution in [-0.2, 0) is 11.3 Å². The fourth-order valence-corrected chi connectivity index (χ4v) is 2.17. The summed E-state index contributed by atoms with van der Waals surface area (Å²) in [5, 5.41) is 9.71. The average molecular weight is 338 g/mol. The van der Waals surface area contributed by atoms with E-state index < -0.39 is 0 Å². The maximum atomic E-state index is 11.8. The van der Waals surface area contributed by atoms with E-state index >= 15 is 0 Å². The van der Waals surface area contributed by atoms with E-state index in [1.165, 1.54) is 6.08 Å². The third kappa shape index (κ3) is 4.35. The molecule has 0 saturated heterocycles. The van der Waals surface area contributed by atoms with Crippen LogP contribution in [0.3, 0.4) is 0 Å². The number of rotatable bonds is 6. The molecule has 0 bridgehead atoms. The molecule has 0 saturated carbocycles. The molecule has 2 heterocycles. The predicted octanol–water partition coefficient (Wildman–Crippen LogP) is 2.71. The van der Waals surface area contributed by atoms with Crippen LogP contribution >= 0.6 is 0 Å². The summed E-state index contributed by atoms with van der Waals surface area (Å²) in [7, 11) is 1.62. The van der Waals surface area contributed by atoms with Crippen molar-refractivity contribution < 1.29 is 13.9 Å². The maximum Gasteiger partial charge on any atom is 0.244 e. The highest BCUT2D eigenvalue weighted by atomic mass is 16.5. The molecule has 0 aliphatic carbocycles. The van der Waals surface area contributed by atoms with Crippen molar-refractivity contribution in [2.24, 2.45) is 0 Å². The lowest BCUT2D eigenvalue weighted by Gasteiger charge is -1.99. The monoisotopic (exact) mass is 338 g/mol. The van der Waals surface area contributed by atoms with Crippen LogP contribution in [0.25, 0.3) is 17.5 Å². The Morgan fingerprint density at radius 3 is 2.76 bits per heavy atom. The molecular weight excluding hydrogens is 320 g/mol. The van der Waals surface area contributed by atoms with Crippen LogP contribution in [0.5, 0.6) is 5.75 Å². The van der Waals surface area contributed by atoms with Gasteiger partial charge in [-0.15, -0.1) is 0 Å². The van der Waals surface area contributed by atoms with Gasteiger partial charge in [0.1, 0.15) is 23.1 Å². The molecule has 25 heavy (non-hydrogen) atoms. The number of amides is 1. The van der Waals surface area contributed by atoms with Crippen LogP contribution in [0, 0.1) is 6.92 Å². The van der Waals surface area contributed by atoms with Crippen molar-refractivity contribution in [1.82, 2.24) is 20.5 Å². The first kappa shape index (κ1) is 16.5. The van der Waals surface area contributed by atoms with Crippen LogP contribution in [0.4, 0.5) is 0 Å². The quantitative estimate of drug-likeness (QED) is 0.674. The minimum atomic E-state index is -0.239. The van der Waals surface area contributed by atoms with Gasteiger partial charge >= 0.3 is 0 Å². The lowest BCUT2D eigenvalue weighted by atomic mass is 10.2. The van der Waals surface area contributed by atoms with Crippen molar-refractivity contribution >= 4 is 12.0 Å². The average Bonchev–Trinajstić information content (AvgIpc) is 3.27. The number of furan rings is 1. The van der Waals surface area contributed by atoms with Crippen LogP contribution in [0.2, 0.25) is 0 Å². The molecule has 2 aromatic heterocycles. The molecule has 3 rings (SSSR count). The van der Waals surface area contributed by atoms with Gasteiger partial charge in [-0.2, -0.15) is 5.10 Å². The Hall–Kier alpha value is -3.35. The van der Waals surface area contributed by atoms with Crippen molar-refractivity contribution in [3.63, 3.8) is 0 Å². The number of aryl methyl sites for hydroxylation is 1. The first-order valence-corrected chi connectivity index (χ1v) is 7.72. The van der Waals surface area contributed by atoms with Gasteiger partial charge in [0.15, 0.2) is 5.82 Å². The normalized spacial score (nSPS) is 11.0. The number of H-pyrrole nitrogens is 1. The fourth-order valence-electron chi connectivity index (χ4n) is 2.17. The molecule has 1 amide bonds. The third-order valence-electron chi connectivity index (χ3n) is 3.47. The lowest BCUT2D eigenvalue weighted by Crippen LogP contribution is -2.20. The standard InChI is InChI=1S/C18H18N4O3/c1-12-3-6-15(25-12)9-10-17(23)19-11-16-20-18(22-21-16)13-4-7-14(24-2)8-5-13/h3-10H,11H2,1-2H3,(H,19,23)(H,20,21,22)/b10-9+. The number of nitrogens with zero attached hydrogens (tertiary/aromatic N) is 2. The van der Waals surface area contributed by atoms with E-state index in [1.54, 1.807) is 19.3 Å². The smallest absolute Gasteiger partial charge is 0.244 e. The molecule has 0 atom stereocenters. The van der Waals surface area contributed by atoms with Crippen molar-refractivity contribution in [3.05, 3.63) is 59.8 Å². The summed E-state index contributed by atoms with van der Waals surface area (Å²) in [5.41, 5.74) is 0.864. The SMILES string of the molecule is COc1ccc(-c2n[nH]c(CNC(=O)/C=C/c3ccc(C)o3)n2)cc1. The summed E-state index contributed by atoms with van der Waals surface area (Å²) in [6.07, 6.45) is 3.03.